The normalized spacial score (nSPS) is 28.6. The van der Waals surface area contributed by atoms with E-state index in [1.54, 1.807) is 11.0 Å². The van der Waals surface area contributed by atoms with Gasteiger partial charge in [0.1, 0.15) is 11.8 Å². The zero-order valence-corrected chi connectivity index (χ0v) is 25.8. The molecule has 0 aromatic heterocycles. The van der Waals surface area contributed by atoms with Gasteiger partial charge in [-0.1, -0.05) is 36.4 Å². The number of rotatable bonds is 3. The van der Waals surface area contributed by atoms with Crippen molar-refractivity contribution < 1.29 is 28.6 Å². The van der Waals surface area contributed by atoms with Crippen LogP contribution in [-0.4, -0.2) is 104 Å². The third-order valence-electron chi connectivity index (χ3n) is 10.3. The molecule has 4 heterocycles. The predicted octanol–water partition coefficient (Wildman–Crippen LogP) is 2.34. The Bertz CT molecular complexity index is 1370. The van der Waals surface area contributed by atoms with Gasteiger partial charge in [-0.05, 0) is 61.8 Å². The van der Waals surface area contributed by atoms with E-state index in [0.29, 0.717) is 63.2 Å². The second-order valence-corrected chi connectivity index (χ2v) is 13.1. The maximum absolute atomic E-state index is 14.1. The summed E-state index contributed by atoms with van der Waals surface area (Å²) in [4.78, 5) is 45.4. The molecule has 4 aliphatic heterocycles. The van der Waals surface area contributed by atoms with E-state index in [9.17, 15) is 14.4 Å². The molecule has 7 rings (SSSR count). The molecule has 0 saturated carbocycles. The van der Waals surface area contributed by atoms with E-state index in [1.807, 2.05) is 18.2 Å². The van der Waals surface area contributed by atoms with Crippen LogP contribution in [0.4, 0.5) is 0 Å². The molecule has 2 bridgehead atoms. The van der Waals surface area contributed by atoms with E-state index in [0.717, 1.165) is 38.5 Å². The molecule has 3 amide bonds. The molecule has 2 aromatic rings. The number of carbonyl (C=O) groups excluding carboxylic acids is 3. The van der Waals surface area contributed by atoms with Crippen molar-refractivity contribution in [3.8, 4) is 5.75 Å². The fraction of sp³-hybridized carbons (Fsp3) is 0.571. The van der Waals surface area contributed by atoms with Crippen LogP contribution in [-0.2, 0) is 31.9 Å². The molecule has 240 valence electrons. The fourth-order valence-electron chi connectivity index (χ4n) is 7.73. The second-order valence-electron chi connectivity index (χ2n) is 13.1. The first-order chi connectivity index (χ1) is 22.0. The lowest BCUT2D eigenvalue weighted by atomic mass is 9.94. The molecule has 45 heavy (non-hydrogen) atoms. The average molecular weight is 617 g/mol. The standard InChI is InChI=1S/C35H44N4O6/c40-33(23-11-16-43-17-12-23)37-29-10-9-27-13-18-44-31-8-4-3-7-28(31)35(42)39-15-14-38(22-30(39)34(41)36-21-32(29)45-27)26-19-24-5-1-2-6-25(24)20-26/h1-8,23,26-27,29-30,32H,9-22H2,(H,36,41)(H,37,40)/t27-,29+,30-,32+/m0/s1. The topological polar surface area (TPSA) is 109 Å². The number of nitrogens with one attached hydrogen (secondary N) is 2. The van der Waals surface area contributed by atoms with Gasteiger partial charge in [0.2, 0.25) is 11.8 Å². The largest absolute Gasteiger partial charge is 0.493 e. The van der Waals surface area contributed by atoms with Crippen molar-refractivity contribution in [3.05, 3.63) is 65.2 Å². The Balaban J connectivity index is 1.12. The number of fused-ring (bicyclic) bond motifs is 5. The van der Waals surface area contributed by atoms with E-state index in [-0.39, 0.29) is 48.4 Å². The minimum atomic E-state index is -0.666. The van der Waals surface area contributed by atoms with E-state index < -0.39 is 6.04 Å². The molecule has 10 nitrogen and oxygen atoms in total. The Morgan fingerprint density at radius 2 is 1.62 bits per heavy atom. The Hall–Kier alpha value is -3.47. The highest BCUT2D eigenvalue weighted by molar-refractivity contribution is 6.00. The van der Waals surface area contributed by atoms with Gasteiger partial charge in [0.05, 0.1) is 30.4 Å². The maximum Gasteiger partial charge on any atom is 0.258 e. The van der Waals surface area contributed by atoms with E-state index >= 15 is 0 Å². The molecule has 1 aliphatic carbocycles. The van der Waals surface area contributed by atoms with E-state index in [1.165, 1.54) is 11.1 Å². The maximum atomic E-state index is 14.1. The quantitative estimate of drug-likeness (QED) is 0.545. The number of amides is 3. The summed E-state index contributed by atoms with van der Waals surface area (Å²) in [6.45, 7) is 3.48. The molecule has 2 N–H and O–H groups in total. The lowest BCUT2D eigenvalue weighted by Crippen LogP contribution is -2.63. The van der Waals surface area contributed by atoms with Crippen molar-refractivity contribution in [2.45, 2.75) is 75.3 Å². The lowest BCUT2D eigenvalue weighted by Gasteiger charge is -2.43. The Labute approximate surface area is 264 Å². The molecule has 0 spiro atoms. The summed E-state index contributed by atoms with van der Waals surface area (Å²) >= 11 is 0. The summed E-state index contributed by atoms with van der Waals surface area (Å²) in [6.07, 6.45) is 5.08. The number of carbonyl (C=O) groups is 3. The number of nitrogens with zero attached hydrogens (tertiary/aromatic N) is 2. The smallest absolute Gasteiger partial charge is 0.258 e. The van der Waals surface area contributed by atoms with Crippen molar-refractivity contribution >= 4 is 17.7 Å². The molecule has 2 aromatic carbocycles. The minimum Gasteiger partial charge on any atom is -0.493 e. The fourth-order valence-corrected chi connectivity index (χ4v) is 7.73. The predicted molar refractivity (Wildman–Crippen MR) is 167 cm³/mol. The van der Waals surface area contributed by atoms with Crippen LogP contribution >= 0.6 is 0 Å². The van der Waals surface area contributed by atoms with Gasteiger partial charge in [0, 0.05) is 57.8 Å². The third kappa shape index (κ3) is 6.59. The van der Waals surface area contributed by atoms with Gasteiger partial charge in [-0.2, -0.15) is 0 Å². The first-order valence-corrected chi connectivity index (χ1v) is 16.7. The summed E-state index contributed by atoms with van der Waals surface area (Å²) in [6, 6.07) is 15.3. The first-order valence-electron chi connectivity index (χ1n) is 16.7. The molecule has 5 aliphatic rings. The number of piperazine rings is 1. The Kier molecular flexibility index (Phi) is 9.05. The average Bonchev–Trinajstić information content (AvgIpc) is 3.52. The van der Waals surface area contributed by atoms with Crippen LogP contribution in [0.25, 0.3) is 0 Å². The van der Waals surface area contributed by atoms with Gasteiger partial charge in [0.15, 0.2) is 0 Å². The summed E-state index contributed by atoms with van der Waals surface area (Å²) in [7, 11) is 0. The van der Waals surface area contributed by atoms with Crippen LogP contribution in [0, 0.1) is 5.92 Å². The van der Waals surface area contributed by atoms with E-state index in [2.05, 4.69) is 39.8 Å². The van der Waals surface area contributed by atoms with Crippen molar-refractivity contribution in [3.63, 3.8) is 0 Å². The molecule has 4 atom stereocenters. The summed E-state index contributed by atoms with van der Waals surface area (Å²) in [5.41, 5.74) is 3.20. The van der Waals surface area contributed by atoms with Crippen LogP contribution in [0.3, 0.4) is 0 Å². The number of hydrogen-bond acceptors (Lipinski definition) is 7. The number of benzene rings is 2. The van der Waals surface area contributed by atoms with Crippen LogP contribution < -0.4 is 15.4 Å². The SMILES string of the molecule is O=C(N[C@@H]1CC[C@H]2CCOc3ccccc3C(=O)N3CCN(C4Cc5ccccc5C4)C[C@H]3C(=O)NC[C@H]1O2)C1CCOCC1. The first kappa shape index (κ1) is 30.2. The number of ether oxygens (including phenoxy) is 3. The van der Waals surface area contributed by atoms with Crippen LogP contribution in [0.1, 0.15) is 53.6 Å². The van der Waals surface area contributed by atoms with Crippen molar-refractivity contribution in [2.75, 3.05) is 46.0 Å². The molecular weight excluding hydrogens is 572 g/mol. The zero-order chi connectivity index (χ0) is 30.8. The van der Waals surface area contributed by atoms with Gasteiger partial charge >= 0.3 is 0 Å². The highest BCUT2D eigenvalue weighted by Crippen LogP contribution is 2.30. The van der Waals surface area contributed by atoms with E-state index in [4.69, 9.17) is 14.2 Å². The van der Waals surface area contributed by atoms with Crippen molar-refractivity contribution in [1.29, 1.82) is 0 Å². The molecule has 0 radical (unpaired) electrons. The van der Waals surface area contributed by atoms with Gasteiger partial charge in [-0.15, -0.1) is 0 Å². The summed E-state index contributed by atoms with van der Waals surface area (Å²) in [5.74, 6) is 0.122. The van der Waals surface area contributed by atoms with Crippen molar-refractivity contribution in [2.24, 2.45) is 5.92 Å². The third-order valence-corrected chi connectivity index (χ3v) is 10.3. The van der Waals surface area contributed by atoms with Crippen LogP contribution in [0.2, 0.25) is 0 Å². The van der Waals surface area contributed by atoms with Gasteiger partial charge in [-0.25, -0.2) is 0 Å². The van der Waals surface area contributed by atoms with Crippen molar-refractivity contribution in [1.82, 2.24) is 20.4 Å². The molecular formula is C35H44N4O6. The summed E-state index contributed by atoms with van der Waals surface area (Å²) < 4.78 is 18.2. The second kappa shape index (κ2) is 13.5. The van der Waals surface area contributed by atoms with Gasteiger partial charge in [0.25, 0.3) is 5.91 Å². The summed E-state index contributed by atoms with van der Waals surface area (Å²) in [5, 5.41) is 6.41. The number of hydrogen-bond donors (Lipinski definition) is 2. The Morgan fingerprint density at radius 3 is 2.42 bits per heavy atom. The minimum absolute atomic E-state index is 0.0354. The van der Waals surface area contributed by atoms with Gasteiger partial charge < -0.3 is 29.7 Å². The zero-order valence-electron chi connectivity index (χ0n) is 25.8. The highest BCUT2D eigenvalue weighted by Gasteiger charge is 2.41. The highest BCUT2D eigenvalue weighted by atomic mass is 16.5. The van der Waals surface area contributed by atoms with Crippen LogP contribution in [0.5, 0.6) is 5.75 Å². The molecule has 10 heteroatoms. The number of para-hydroxylation sites is 1. The molecule has 0 unspecified atom stereocenters. The lowest BCUT2D eigenvalue weighted by molar-refractivity contribution is -0.134. The molecule has 3 saturated heterocycles. The monoisotopic (exact) mass is 616 g/mol. The molecule has 3 fully saturated rings. The van der Waals surface area contributed by atoms with Gasteiger partial charge in [-0.3, -0.25) is 19.3 Å². The van der Waals surface area contributed by atoms with Crippen LogP contribution in [0.15, 0.2) is 48.5 Å². The Morgan fingerprint density at radius 1 is 0.867 bits per heavy atom.